The first-order valence-electron chi connectivity index (χ1n) is 9.19. The van der Waals surface area contributed by atoms with Gasteiger partial charge in [-0.25, -0.2) is 0 Å². The normalized spacial score (nSPS) is 17.8. The molecule has 1 aromatic heterocycles. The molecular formula is C20H28N4O. The summed E-state index contributed by atoms with van der Waals surface area (Å²) in [5, 5.41) is 10.6. The van der Waals surface area contributed by atoms with Gasteiger partial charge in [-0.05, 0) is 49.8 Å². The van der Waals surface area contributed by atoms with E-state index < -0.39 is 0 Å². The van der Waals surface area contributed by atoms with Crippen molar-refractivity contribution in [2.24, 2.45) is 0 Å². The van der Waals surface area contributed by atoms with E-state index in [4.69, 9.17) is 0 Å². The van der Waals surface area contributed by atoms with Gasteiger partial charge in [0.1, 0.15) is 0 Å². The highest BCUT2D eigenvalue weighted by atomic mass is 16.1. The number of fused-ring (bicyclic) bond motifs is 1. The summed E-state index contributed by atoms with van der Waals surface area (Å²) in [5.74, 6) is 0.505. The van der Waals surface area contributed by atoms with Crippen molar-refractivity contribution in [3.63, 3.8) is 0 Å². The molecule has 1 heterocycles. The molecule has 2 atom stereocenters. The van der Waals surface area contributed by atoms with Crippen LogP contribution in [0.2, 0.25) is 0 Å². The van der Waals surface area contributed by atoms with Gasteiger partial charge in [-0.15, -0.1) is 0 Å². The summed E-state index contributed by atoms with van der Waals surface area (Å²) >= 11 is 0. The average molecular weight is 340 g/mol. The quantitative estimate of drug-likeness (QED) is 0.814. The number of hydrogen-bond acceptors (Lipinski definition) is 3. The van der Waals surface area contributed by atoms with Crippen molar-refractivity contribution in [2.75, 3.05) is 13.1 Å². The molecule has 1 aliphatic carbocycles. The topological polar surface area (TPSA) is 59.0 Å². The van der Waals surface area contributed by atoms with Gasteiger partial charge in [-0.3, -0.25) is 9.48 Å². The first-order valence-corrected chi connectivity index (χ1v) is 9.19. The summed E-state index contributed by atoms with van der Waals surface area (Å²) in [6.07, 6.45) is 7.38. The molecule has 5 heteroatoms. The van der Waals surface area contributed by atoms with Gasteiger partial charge in [0.05, 0.1) is 19.3 Å². The second-order valence-electron chi connectivity index (χ2n) is 7.11. The number of aryl methyl sites for hydroxylation is 2. The van der Waals surface area contributed by atoms with Crippen LogP contribution in [-0.2, 0) is 17.8 Å². The molecule has 0 saturated heterocycles. The fourth-order valence-electron chi connectivity index (χ4n) is 3.54. The molecule has 0 saturated carbocycles. The van der Waals surface area contributed by atoms with Crippen LogP contribution in [-0.4, -0.2) is 34.8 Å². The Morgan fingerprint density at radius 3 is 3.04 bits per heavy atom. The Balaban J connectivity index is 1.41. The molecule has 0 fully saturated rings. The van der Waals surface area contributed by atoms with Gasteiger partial charge in [0.25, 0.3) is 0 Å². The minimum atomic E-state index is 0.0616. The van der Waals surface area contributed by atoms with E-state index in [0.717, 1.165) is 31.5 Å². The van der Waals surface area contributed by atoms with Gasteiger partial charge in [0.2, 0.25) is 5.91 Å². The number of rotatable bonds is 7. The van der Waals surface area contributed by atoms with Crippen molar-refractivity contribution >= 4 is 5.91 Å². The van der Waals surface area contributed by atoms with Gasteiger partial charge in [-0.2, -0.15) is 5.10 Å². The molecule has 3 rings (SSSR count). The summed E-state index contributed by atoms with van der Waals surface area (Å²) in [6.45, 7) is 5.93. The Labute approximate surface area is 149 Å². The van der Waals surface area contributed by atoms with Gasteiger partial charge < -0.3 is 10.6 Å². The fourth-order valence-corrected chi connectivity index (χ4v) is 3.54. The van der Waals surface area contributed by atoms with Crippen molar-refractivity contribution in [1.82, 2.24) is 20.4 Å². The van der Waals surface area contributed by atoms with Crippen LogP contribution in [0, 0.1) is 6.92 Å². The maximum atomic E-state index is 12.2. The Bertz CT molecular complexity index is 709. The zero-order chi connectivity index (χ0) is 17.6. The predicted molar refractivity (Wildman–Crippen MR) is 99.6 cm³/mol. The Morgan fingerprint density at radius 1 is 1.40 bits per heavy atom. The lowest BCUT2D eigenvalue weighted by molar-refractivity contribution is -0.120. The minimum absolute atomic E-state index is 0.0616. The lowest BCUT2D eigenvalue weighted by Crippen LogP contribution is -2.41. The summed E-state index contributed by atoms with van der Waals surface area (Å²) in [7, 11) is 0. The lowest BCUT2D eigenvalue weighted by Gasteiger charge is -2.25. The largest absolute Gasteiger partial charge is 0.354 e. The highest BCUT2D eigenvalue weighted by molar-refractivity contribution is 5.78. The van der Waals surface area contributed by atoms with Crippen molar-refractivity contribution < 1.29 is 4.79 Å². The third kappa shape index (κ3) is 4.92. The Morgan fingerprint density at radius 2 is 2.24 bits per heavy atom. The molecule has 0 bridgehead atoms. The molecule has 0 unspecified atom stereocenters. The van der Waals surface area contributed by atoms with E-state index in [1.807, 2.05) is 24.0 Å². The van der Waals surface area contributed by atoms with E-state index in [1.165, 1.54) is 17.5 Å². The minimum Gasteiger partial charge on any atom is -0.354 e. The molecule has 0 radical (unpaired) electrons. The van der Waals surface area contributed by atoms with Crippen LogP contribution >= 0.6 is 0 Å². The van der Waals surface area contributed by atoms with Crippen LogP contribution in [0.5, 0.6) is 0 Å². The highest BCUT2D eigenvalue weighted by Gasteiger charge is 2.20. The standard InChI is InChI=1S/C20H28N4O/c1-15-10-23-24(13-15)14-16(2)21-12-20(25)22-11-18-8-5-7-17-6-3-4-9-19(17)18/h3-4,6,9-10,13,16,18,21H,5,7-8,11-12,14H2,1-2H3,(H,22,25)/t16-,18-/m0/s1. The zero-order valence-corrected chi connectivity index (χ0v) is 15.2. The molecule has 5 nitrogen and oxygen atoms in total. The monoisotopic (exact) mass is 340 g/mol. The number of carbonyl (C=O) groups is 1. The molecule has 0 aliphatic heterocycles. The van der Waals surface area contributed by atoms with Crippen LogP contribution in [0.25, 0.3) is 0 Å². The predicted octanol–water partition coefficient (Wildman–Crippen LogP) is 2.41. The number of benzene rings is 1. The molecule has 1 amide bonds. The summed E-state index contributed by atoms with van der Waals surface area (Å²) in [4.78, 5) is 12.2. The van der Waals surface area contributed by atoms with Crippen LogP contribution in [0.4, 0.5) is 0 Å². The summed E-state index contributed by atoms with van der Waals surface area (Å²) < 4.78 is 1.91. The third-order valence-corrected chi connectivity index (χ3v) is 4.87. The van der Waals surface area contributed by atoms with E-state index in [1.54, 1.807) is 0 Å². The number of aromatic nitrogens is 2. The SMILES string of the molecule is Cc1cnn(C[C@H](C)NCC(=O)NC[C@@H]2CCCc3ccccc32)c1. The van der Waals surface area contributed by atoms with E-state index in [0.29, 0.717) is 12.5 Å². The van der Waals surface area contributed by atoms with E-state index in [2.05, 4.69) is 46.9 Å². The Hall–Kier alpha value is -2.14. The number of nitrogens with zero attached hydrogens (tertiary/aromatic N) is 2. The van der Waals surface area contributed by atoms with Gasteiger partial charge in [-0.1, -0.05) is 24.3 Å². The second kappa shape index (κ2) is 8.30. The second-order valence-corrected chi connectivity index (χ2v) is 7.11. The highest BCUT2D eigenvalue weighted by Crippen LogP contribution is 2.30. The zero-order valence-electron chi connectivity index (χ0n) is 15.2. The number of hydrogen-bond donors (Lipinski definition) is 2. The van der Waals surface area contributed by atoms with Crippen LogP contribution < -0.4 is 10.6 Å². The van der Waals surface area contributed by atoms with E-state index in [9.17, 15) is 4.79 Å². The maximum absolute atomic E-state index is 12.2. The smallest absolute Gasteiger partial charge is 0.233 e. The molecule has 2 N–H and O–H groups in total. The molecular weight excluding hydrogens is 312 g/mol. The summed E-state index contributed by atoms with van der Waals surface area (Å²) in [5.41, 5.74) is 4.00. The molecule has 1 aliphatic rings. The van der Waals surface area contributed by atoms with Crippen molar-refractivity contribution in [3.05, 3.63) is 53.3 Å². The van der Waals surface area contributed by atoms with Crippen molar-refractivity contribution in [3.8, 4) is 0 Å². The molecule has 25 heavy (non-hydrogen) atoms. The third-order valence-electron chi connectivity index (χ3n) is 4.87. The molecule has 1 aromatic carbocycles. The first-order chi connectivity index (χ1) is 12.1. The Kier molecular flexibility index (Phi) is 5.87. The molecule has 0 spiro atoms. The average Bonchev–Trinajstić information content (AvgIpc) is 3.02. The van der Waals surface area contributed by atoms with E-state index in [-0.39, 0.29) is 11.9 Å². The van der Waals surface area contributed by atoms with Gasteiger partial charge >= 0.3 is 0 Å². The molecule has 2 aromatic rings. The van der Waals surface area contributed by atoms with Crippen LogP contribution in [0.1, 0.15) is 42.4 Å². The molecule has 134 valence electrons. The summed E-state index contributed by atoms with van der Waals surface area (Å²) in [6, 6.07) is 8.81. The number of carbonyl (C=O) groups excluding carboxylic acids is 1. The van der Waals surface area contributed by atoms with Crippen LogP contribution in [0.3, 0.4) is 0 Å². The van der Waals surface area contributed by atoms with Gasteiger partial charge in [0, 0.05) is 24.7 Å². The number of nitrogens with one attached hydrogen (secondary N) is 2. The van der Waals surface area contributed by atoms with Gasteiger partial charge in [0.15, 0.2) is 0 Å². The first kappa shape index (κ1) is 17.7. The van der Waals surface area contributed by atoms with E-state index >= 15 is 0 Å². The lowest BCUT2D eigenvalue weighted by atomic mass is 9.83. The van der Waals surface area contributed by atoms with Crippen molar-refractivity contribution in [1.29, 1.82) is 0 Å². The fraction of sp³-hybridized carbons (Fsp3) is 0.500. The maximum Gasteiger partial charge on any atom is 0.233 e. The van der Waals surface area contributed by atoms with Crippen molar-refractivity contribution in [2.45, 2.75) is 51.6 Å². The number of amides is 1. The van der Waals surface area contributed by atoms with Crippen LogP contribution in [0.15, 0.2) is 36.7 Å².